The van der Waals surface area contributed by atoms with Crippen molar-refractivity contribution in [1.29, 1.82) is 0 Å². The highest BCUT2D eigenvalue weighted by atomic mass is 32.1. The molecule has 0 radical (unpaired) electrons. The molecule has 0 unspecified atom stereocenters. The van der Waals surface area contributed by atoms with Crippen molar-refractivity contribution in [2.45, 2.75) is 19.5 Å². The highest BCUT2D eigenvalue weighted by Gasteiger charge is 2.20. The highest BCUT2D eigenvalue weighted by molar-refractivity contribution is 7.13. The van der Waals surface area contributed by atoms with Gasteiger partial charge in [0, 0.05) is 55.1 Å². The quantitative estimate of drug-likeness (QED) is 0.769. The Morgan fingerprint density at radius 3 is 2.84 bits per heavy atom. The summed E-state index contributed by atoms with van der Waals surface area (Å²) in [7, 11) is 0. The summed E-state index contributed by atoms with van der Waals surface area (Å²) in [4.78, 5) is 31.8. The van der Waals surface area contributed by atoms with Gasteiger partial charge in [0.25, 0.3) is 0 Å². The van der Waals surface area contributed by atoms with Crippen molar-refractivity contribution < 1.29 is 9.90 Å². The van der Waals surface area contributed by atoms with Gasteiger partial charge in [-0.05, 0) is 12.1 Å². The Morgan fingerprint density at radius 2 is 2.08 bits per heavy atom. The van der Waals surface area contributed by atoms with Crippen molar-refractivity contribution in [3.05, 3.63) is 58.1 Å². The molecule has 0 aliphatic carbocycles. The van der Waals surface area contributed by atoms with Crippen LogP contribution in [0.3, 0.4) is 0 Å². The van der Waals surface area contributed by atoms with E-state index in [1.165, 1.54) is 17.7 Å². The Balaban J connectivity index is 1.49. The van der Waals surface area contributed by atoms with Crippen LogP contribution in [0, 0.1) is 0 Å². The Bertz CT molecular complexity index is 912. The third-order valence-corrected chi connectivity index (χ3v) is 5.14. The van der Waals surface area contributed by atoms with Gasteiger partial charge in [0.2, 0.25) is 0 Å². The van der Waals surface area contributed by atoms with E-state index in [1.807, 2.05) is 12.3 Å². The summed E-state index contributed by atoms with van der Waals surface area (Å²) >= 11 is 1.33. The molecule has 1 aliphatic rings. The van der Waals surface area contributed by atoms with Crippen molar-refractivity contribution in [2.24, 2.45) is 0 Å². The average molecular weight is 353 g/mol. The first-order valence-corrected chi connectivity index (χ1v) is 8.65. The minimum Gasteiger partial charge on any atom is -0.477 e. The number of aromatic nitrogens is 4. The summed E-state index contributed by atoms with van der Waals surface area (Å²) in [6.45, 7) is 2.39. The van der Waals surface area contributed by atoms with Crippen molar-refractivity contribution in [3.8, 4) is 11.4 Å². The minimum atomic E-state index is -0.869. The van der Waals surface area contributed by atoms with Gasteiger partial charge in [-0.15, -0.1) is 11.3 Å². The third-order valence-electron chi connectivity index (χ3n) is 4.08. The van der Waals surface area contributed by atoms with E-state index in [4.69, 9.17) is 5.11 Å². The van der Waals surface area contributed by atoms with Gasteiger partial charge in [0.05, 0.1) is 11.3 Å². The second-order valence-electron chi connectivity index (χ2n) is 5.82. The van der Waals surface area contributed by atoms with Crippen LogP contribution in [0.4, 0.5) is 0 Å². The third kappa shape index (κ3) is 3.40. The lowest BCUT2D eigenvalue weighted by atomic mass is 10.1. The molecule has 0 bridgehead atoms. The maximum Gasteiger partial charge on any atom is 0.345 e. The van der Waals surface area contributed by atoms with Gasteiger partial charge < -0.3 is 5.11 Å². The van der Waals surface area contributed by atoms with E-state index in [0.717, 1.165) is 47.8 Å². The first-order valence-electron chi connectivity index (χ1n) is 7.83. The van der Waals surface area contributed by atoms with Crippen molar-refractivity contribution in [3.63, 3.8) is 0 Å². The fourth-order valence-corrected chi connectivity index (χ4v) is 3.75. The Hall–Kier alpha value is -2.71. The maximum absolute atomic E-state index is 11.0. The van der Waals surface area contributed by atoms with Crippen LogP contribution in [0.25, 0.3) is 11.4 Å². The van der Waals surface area contributed by atoms with E-state index in [-0.39, 0.29) is 0 Å². The van der Waals surface area contributed by atoms with Crippen molar-refractivity contribution in [2.75, 3.05) is 6.54 Å². The van der Waals surface area contributed by atoms with E-state index < -0.39 is 5.97 Å². The topological polar surface area (TPSA) is 92.1 Å². The molecule has 0 amide bonds. The number of nitrogens with zero attached hydrogens (tertiary/aromatic N) is 5. The predicted octanol–water partition coefficient (Wildman–Crippen LogP) is 2.25. The molecule has 1 N–H and O–H groups in total. The van der Waals surface area contributed by atoms with Gasteiger partial charge in [-0.1, -0.05) is 0 Å². The Labute approximate surface area is 148 Å². The summed E-state index contributed by atoms with van der Waals surface area (Å²) < 4.78 is 0. The standard InChI is InChI=1S/C17H15N5O2S/c23-17(24)15-2-1-13(25-15)9-22-4-3-14-12(8-22)7-20-16(21-14)11-5-18-10-19-6-11/h1-2,5-7,10H,3-4,8-9H2,(H,23,24). The van der Waals surface area contributed by atoms with Gasteiger partial charge in [-0.25, -0.2) is 24.7 Å². The molecule has 25 heavy (non-hydrogen) atoms. The molecular weight excluding hydrogens is 338 g/mol. The van der Waals surface area contributed by atoms with Gasteiger partial charge in [-0.2, -0.15) is 0 Å². The molecule has 0 saturated carbocycles. The molecule has 0 aromatic carbocycles. The summed E-state index contributed by atoms with van der Waals surface area (Å²) in [6, 6.07) is 3.55. The lowest BCUT2D eigenvalue weighted by Gasteiger charge is -2.27. The molecular formula is C17H15N5O2S. The number of aromatic carboxylic acids is 1. The minimum absolute atomic E-state index is 0.380. The van der Waals surface area contributed by atoms with Crippen LogP contribution in [-0.4, -0.2) is 42.5 Å². The van der Waals surface area contributed by atoms with E-state index in [9.17, 15) is 4.79 Å². The second kappa shape index (κ2) is 6.66. The molecule has 7 nitrogen and oxygen atoms in total. The molecule has 0 spiro atoms. The number of fused-ring (bicyclic) bond motifs is 1. The number of carboxylic acids is 1. The number of carbonyl (C=O) groups is 1. The van der Waals surface area contributed by atoms with Gasteiger partial charge in [-0.3, -0.25) is 4.90 Å². The van der Waals surface area contributed by atoms with Crippen LogP contribution in [0.1, 0.15) is 25.8 Å². The van der Waals surface area contributed by atoms with Gasteiger partial charge in [0.1, 0.15) is 11.2 Å². The maximum atomic E-state index is 11.0. The molecule has 0 fully saturated rings. The van der Waals surface area contributed by atoms with Gasteiger partial charge in [0.15, 0.2) is 5.82 Å². The van der Waals surface area contributed by atoms with E-state index in [1.54, 1.807) is 18.5 Å². The highest BCUT2D eigenvalue weighted by Crippen LogP contribution is 2.24. The Kier molecular flexibility index (Phi) is 4.21. The normalized spacial score (nSPS) is 14.2. The molecule has 4 rings (SSSR count). The van der Waals surface area contributed by atoms with Gasteiger partial charge >= 0.3 is 5.97 Å². The molecule has 4 heterocycles. The largest absolute Gasteiger partial charge is 0.477 e. The summed E-state index contributed by atoms with van der Waals surface area (Å²) in [5.41, 5.74) is 2.98. The van der Waals surface area contributed by atoms with Crippen LogP contribution >= 0.6 is 11.3 Å². The van der Waals surface area contributed by atoms with Crippen LogP contribution in [0.5, 0.6) is 0 Å². The summed E-state index contributed by atoms with van der Waals surface area (Å²) in [6.07, 6.45) is 7.62. The first-order chi connectivity index (χ1) is 12.2. The lowest BCUT2D eigenvalue weighted by Crippen LogP contribution is -2.30. The van der Waals surface area contributed by atoms with Crippen LogP contribution in [0.15, 0.2) is 37.1 Å². The number of carboxylic acid groups (broad SMARTS) is 1. The fourth-order valence-electron chi connectivity index (χ4n) is 2.86. The predicted molar refractivity (Wildman–Crippen MR) is 92.2 cm³/mol. The molecule has 8 heteroatoms. The average Bonchev–Trinajstić information content (AvgIpc) is 3.11. The second-order valence-corrected chi connectivity index (χ2v) is 6.99. The molecule has 3 aromatic rings. The first kappa shape index (κ1) is 15.8. The monoisotopic (exact) mass is 353 g/mol. The van der Waals surface area contributed by atoms with Crippen LogP contribution in [-0.2, 0) is 19.5 Å². The fraction of sp³-hybridized carbons (Fsp3) is 0.235. The molecule has 3 aromatic heterocycles. The molecule has 0 saturated heterocycles. The lowest BCUT2D eigenvalue weighted by molar-refractivity contribution is 0.0702. The number of thiophene rings is 1. The number of hydrogen-bond donors (Lipinski definition) is 1. The number of hydrogen-bond acceptors (Lipinski definition) is 7. The van der Waals surface area contributed by atoms with Crippen molar-refractivity contribution in [1.82, 2.24) is 24.8 Å². The smallest absolute Gasteiger partial charge is 0.345 e. The Morgan fingerprint density at radius 1 is 1.24 bits per heavy atom. The zero-order valence-electron chi connectivity index (χ0n) is 13.3. The SMILES string of the molecule is O=C(O)c1ccc(CN2CCc3nc(-c4cncnc4)ncc3C2)s1. The summed E-state index contributed by atoms with van der Waals surface area (Å²) in [5.74, 6) is -0.219. The van der Waals surface area contributed by atoms with Crippen LogP contribution in [0.2, 0.25) is 0 Å². The zero-order valence-corrected chi connectivity index (χ0v) is 14.1. The molecule has 0 atom stereocenters. The van der Waals surface area contributed by atoms with E-state index in [2.05, 4.69) is 24.8 Å². The number of rotatable bonds is 4. The van der Waals surface area contributed by atoms with Crippen LogP contribution < -0.4 is 0 Å². The van der Waals surface area contributed by atoms with Crippen molar-refractivity contribution >= 4 is 17.3 Å². The molecule has 1 aliphatic heterocycles. The molecule has 126 valence electrons. The van der Waals surface area contributed by atoms with E-state index >= 15 is 0 Å². The van der Waals surface area contributed by atoms with E-state index in [0.29, 0.717) is 10.7 Å². The zero-order chi connectivity index (χ0) is 17.2. The summed E-state index contributed by atoms with van der Waals surface area (Å²) in [5, 5.41) is 9.03.